The SMILES string of the molecule is C=NN1C=CC=N/C1=C(/C)C(=O)Nc1cn(CC(=O)N2CCC(N(C)CCOc3ccc(C)cc3)CC2)nc1-c1cc(Cl)ccc1OC(F)F. The van der Waals surface area contributed by atoms with Gasteiger partial charge in [0.05, 0.1) is 11.3 Å². The van der Waals surface area contributed by atoms with E-state index in [2.05, 4.69) is 39.2 Å². The van der Waals surface area contributed by atoms with Crippen molar-refractivity contribution >= 4 is 42.0 Å². The molecule has 1 saturated heterocycles. The van der Waals surface area contributed by atoms with Gasteiger partial charge in [-0.25, -0.2) is 10.0 Å². The maximum absolute atomic E-state index is 13.5. The Morgan fingerprint density at radius 3 is 2.62 bits per heavy atom. The van der Waals surface area contributed by atoms with Crippen LogP contribution in [-0.2, 0) is 16.1 Å². The second kappa shape index (κ2) is 16.5. The molecule has 2 aliphatic heterocycles. The van der Waals surface area contributed by atoms with Crippen molar-refractivity contribution in [3.05, 3.63) is 82.9 Å². The van der Waals surface area contributed by atoms with Crippen LogP contribution in [0, 0.1) is 6.92 Å². The molecule has 5 rings (SSSR count). The molecule has 1 aromatic heterocycles. The molecule has 3 heterocycles. The highest BCUT2D eigenvalue weighted by molar-refractivity contribution is 6.31. The predicted molar refractivity (Wildman–Crippen MR) is 189 cm³/mol. The van der Waals surface area contributed by atoms with Crippen LogP contribution in [0.15, 0.2) is 82.4 Å². The summed E-state index contributed by atoms with van der Waals surface area (Å²) in [6.45, 7) is 6.23. The molecule has 0 bridgehead atoms. The Morgan fingerprint density at radius 2 is 1.92 bits per heavy atom. The maximum atomic E-state index is 13.5. The number of hydrazone groups is 1. The highest BCUT2D eigenvalue weighted by Crippen LogP contribution is 2.37. The van der Waals surface area contributed by atoms with Crippen LogP contribution in [-0.4, -0.2) is 95.3 Å². The number of likely N-dealkylation sites (N-methyl/N-ethyl adjacent to an activating group) is 1. The van der Waals surface area contributed by atoms with E-state index < -0.39 is 12.5 Å². The molecule has 0 saturated carbocycles. The summed E-state index contributed by atoms with van der Waals surface area (Å²) in [7, 11) is 2.06. The van der Waals surface area contributed by atoms with Crippen molar-refractivity contribution in [2.45, 2.75) is 45.9 Å². The molecule has 0 radical (unpaired) electrons. The molecule has 50 heavy (non-hydrogen) atoms. The number of carbonyl (C=O) groups excluding carboxylic acids is 2. The summed E-state index contributed by atoms with van der Waals surface area (Å²) in [5, 5.41) is 12.7. The van der Waals surface area contributed by atoms with E-state index in [0.29, 0.717) is 25.7 Å². The Kier molecular flexibility index (Phi) is 12.0. The van der Waals surface area contributed by atoms with Crippen LogP contribution in [0.1, 0.15) is 25.3 Å². The van der Waals surface area contributed by atoms with Crippen LogP contribution in [0.5, 0.6) is 11.5 Å². The zero-order chi connectivity index (χ0) is 35.8. The summed E-state index contributed by atoms with van der Waals surface area (Å²) in [5.41, 5.74) is 1.70. The number of allylic oxidation sites excluding steroid dienone is 1. The third kappa shape index (κ3) is 9.12. The quantitative estimate of drug-likeness (QED) is 0.176. The van der Waals surface area contributed by atoms with Crippen molar-refractivity contribution in [3.63, 3.8) is 0 Å². The van der Waals surface area contributed by atoms with E-state index in [1.807, 2.05) is 31.2 Å². The number of ether oxygens (including phenoxy) is 2. The van der Waals surface area contributed by atoms with Gasteiger partial charge in [0.25, 0.3) is 5.91 Å². The number of piperidine rings is 1. The van der Waals surface area contributed by atoms with Crippen molar-refractivity contribution in [1.82, 2.24) is 24.6 Å². The summed E-state index contributed by atoms with van der Waals surface area (Å²) in [4.78, 5) is 35.2. The van der Waals surface area contributed by atoms with Gasteiger partial charge in [0.2, 0.25) is 5.91 Å². The largest absolute Gasteiger partial charge is 0.492 e. The normalized spacial score (nSPS) is 15.8. The molecule has 0 aliphatic carbocycles. The van der Waals surface area contributed by atoms with Gasteiger partial charge in [-0.1, -0.05) is 29.3 Å². The Hall–Kier alpha value is -5.08. The van der Waals surface area contributed by atoms with Crippen LogP contribution < -0.4 is 14.8 Å². The van der Waals surface area contributed by atoms with Crippen LogP contribution >= 0.6 is 11.6 Å². The van der Waals surface area contributed by atoms with Gasteiger partial charge in [-0.05, 0) is 70.1 Å². The fourth-order valence-corrected chi connectivity index (χ4v) is 5.83. The molecule has 264 valence electrons. The number of nitrogens with one attached hydrogen (secondary N) is 1. The first kappa shape index (κ1) is 36.2. The summed E-state index contributed by atoms with van der Waals surface area (Å²) >= 11 is 6.25. The number of amides is 2. The van der Waals surface area contributed by atoms with Crippen LogP contribution in [0.25, 0.3) is 11.3 Å². The van der Waals surface area contributed by atoms with Gasteiger partial charge < -0.3 is 19.7 Å². The van der Waals surface area contributed by atoms with E-state index in [9.17, 15) is 18.4 Å². The highest BCUT2D eigenvalue weighted by atomic mass is 35.5. The number of aryl methyl sites for hydroxylation is 1. The lowest BCUT2D eigenvalue weighted by Crippen LogP contribution is -2.47. The third-order valence-corrected chi connectivity index (χ3v) is 8.68. The minimum absolute atomic E-state index is 0.0843. The van der Waals surface area contributed by atoms with Crippen molar-refractivity contribution in [2.24, 2.45) is 10.1 Å². The van der Waals surface area contributed by atoms with Gasteiger partial charge in [0.15, 0.2) is 5.82 Å². The minimum atomic E-state index is -3.12. The highest BCUT2D eigenvalue weighted by Gasteiger charge is 2.27. The molecule has 2 aliphatic rings. The number of rotatable bonds is 13. The monoisotopic (exact) mass is 708 g/mol. The van der Waals surface area contributed by atoms with Crippen LogP contribution in [0.2, 0.25) is 5.02 Å². The Bertz CT molecular complexity index is 1790. The average molecular weight is 709 g/mol. The standard InChI is InChI=1S/C35H39ClF2N8O4/c1-23-6-9-27(10-7-23)49-19-18-43(4)26-12-16-44(17-13-26)31(47)22-45-21-29(41-34(48)24(2)33-40-14-5-15-46(33)39-3)32(42-45)28-20-25(36)8-11-30(28)50-35(37)38/h5-11,14-15,20-21,26,35H,3,12-13,16-19,22H2,1-2,4H3,(H,41,48)/b33-24+. The van der Waals surface area contributed by atoms with Gasteiger partial charge in [0.1, 0.15) is 30.3 Å². The minimum Gasteiger partial charge on any atom is -0.492 e. The maximum Gasteiger partial charge on any atom is 0.387 e. The lowest BCUT2D eigenvalue weighted by atomic mass is 10.0. The number of hydrogen-bond acceptors (Lipinski definition) is 9. The number of hydrogen-bond donors (Lipinski definition) is 1. The molecular formula is C35H39ClF2N8O4. The van der Waals surface area contributed by atoms with Gasteiger partial charge in [-0.15, -0.1) is 0 Å². The fraction of sp³-hybridized carbons (Fsp3) is 0.343. The number of aromatic nitrogens is 2. The van der Waals surface area contributed by atoms with Crippen LogP contribution in [0.4, 0.5) is 14.5 Å². The second-order valence-electron chi connectivity index (χ2n) is 11.9. The molecule has 2 amide bonds. The lowest BCUT2D eigenvalue weighted by molar-refractivity contribution is -0.133. The number of carbonyl (C=O) groups is 2. The van der Waals surface area contributed by atoms with Crippen molar-refractivity contribution < 1.29 is 27.8 Å². The van der Waals surface area contributed by atoms with E-state index in [-0.39, 0.29) is 51.6 Å². The Morgan fingerprint density at radius 1 is 1.18 bits per heavy atom. The molecule has 0 atom stereocenters. The van der Waals surface area contributed by atoms with Crippen molar-refractivity contribution in [2.75, 3.05) is 38.6 Å². The number of benzene rings is 2. The third-order valence-electron chi connectivity index (χ3n) is 8.45. The number of likely N-dealkylation sites (tertiary alicyclic amines) is 1. The fourth-order valence-electron chi connectivity index (χ4n) is 5.66. The first-order chi connectivity index (χ1) is 24.0. The van der Waals surface area contributed by atoms with E-state index >= 15 is 0 Å². The first-order valence-electron chi connectivity index (χ1n) is 16.0. The van der Waals surface area contributed by atoms with E-state index in [1.165, 1.54) is 45.9 Å². The summed E-state index contributed by atoms with van der Waals surface area (Å²) in [6.07, 6.45) is 7.77. The van der Waals surface area contributed by atoms with Crippen molar-refractivity contribution in [3.8, 4) is 22.8 Å². The summed E-state index contributed by atoms with van der Waals surface area (Å²) < 4.78 is 38.7. The molecular weight excluding hydrogens is 670 g/mol. The van der Waals surface area contributed by atoms with Crippen molar-refractivity contribution in [1.29, 1.82) is 0 Å². The van der Waals surface area contributed by atoms with Crippen LogP contribution in [0.3, 0.4) is 0 Å². The smallest absolute Gasteiger partial charge is 0.387 e. The van der Waals surface area contributed by atoms with Gasteiger partial charge in [-0.3, -0.25) is 19.2 Å². The van der Waals surface area contributed by atoms with E-state index in [4.69, 9.17) is 21.1 Å². The number of anilines is 1. The molecule has 2 aromatic carbocycles. The first-order valence-corrected chi connectivity index (χ1v) is 16.4. The topological polar surface area (TPSA) is 117 Å². The van der Waals surface area contributed by atoms with E-state index in [0.717, 1.165) is 25.1 Å². The second-order valence-corrected chi connectivity index (χ2v) is 12.3. The zero-order valence-corrected chi connectivity index (χ0v) is 28.8. The number of aliphatic imine (C=N–C) groups is 1. The molecule has 3 aromatic rings. The number of nitrogens with zero attached hydrogens (tertiary/aromatic N) is 7. The molecule has 1 fully saturated rings. The molecule has 12 nitrogen and oxygen atoms in total. The number of alkyl halides is 2. The summed E-state index contributed by atoms with van der Waals surface area (Å²) in [6, 6.07) is 12.3. The predicted octanol–water partition coefficient (Wildman–Crippen LogP) is 5.80. The Labute approximate surface area is 294 Å². The van der Waals surface area contributed by atoms with Gasteiger partial charge in [0, 0.05) is 61.6 Å². The molecule has 15 heteroatoms. The Balaban J connectivity index is 1.28. The van der Waals surface area contributed by atoms with Gasteiger partial charge >= 0.3 is 6.61 Å². The summed E-state index contributed by atoms with van der Waals surface area (Å²) in [5.74, 6) is 0.126. The van der Waals surface area contributed by atoms with E-state index in [1.54, 1.807) is 24.1 Å². The lowest BCUT2D eigenvalue weighted by Gasteiger charge is -2.36. The zero-order valence-electron chi connectivity index (χ0n) is 28.1. The molecule has 0 spiro atoms. The van der Waals surface area contributed by atoms with Gasteiger partial charge in [-0.2, -0.15) is 19.0 Å². The molecule has 0 unspecified atom stereocenters. The average Bonchev–Trinajstić information content (AvgIpc) is 3.50. The molecule has 1 N–H and O–H groups in total. The number of halogens is 3.